The molecule has 0 unspecified atom stereocenters. The third kappa shape index (κ3) is 10.5. The van der Waals surface area contributed by atoms with Crippen molar-refractivity contribution < 1.29 is 28.0 Å². The first-order valence-electron chi connectivity index (χ1n) is 21.5. The van der Waals surface area contributed by atoms with Crippen molar-refractivity contribution in [2.75, 3.05) is 49.5 Å². The summed E-state index contributed by atoms with van der Waals surface area (Å²) in [5.41, 5.74) is 4.76. The van der Waals surface area contributed by atoms with Gasteiger partial charge in [0, 0.05) is 73.7 Å². The lowest BCUT2D eigenvalue weighted by molar-refractivity contribution is -0.384. The molecule has 3 aliphatic rings. The summed E-state index contributed by atoms with van der Waals surface area (Å²) in [5, 5.41) is 27.1. The standard InChI is InChI=1S/C47H54ClN7O7S/c1-46(2)16-14-34(40(27-46)32-4-6-35(48)7-5-32)30-53-20-22-54(23-21-53)36-8-10-39(43(25-36)62-37-24-33-15-19-49-44(33)51-29-37)45(56)52-63(60,61)38-9-11-41(42(26-38)55(58)59)50-28-31-12-17-47(3,57)18-13-31/h4-11,15,19,24-26,29,31,50,57H,12-14,16-18,20-23,27-28,30H2,1-3H3,(H,49,51)(H,52,56). The van der Waals surface area contributed by atoms with Crippen LogP contribution in [0.3, 0.4) is 0 Å². The number of anilines is 2. The molecule has 1 aliphatic heterocycles. The lowest BCUT2D eigenvalue weighted by Crippen LogP contribution is -2.47. The van der Waals surface area contributed by atoms with Crippen LogP contribution in [0, 0.1) is 21.4 Å². The first kappa shape index (κ1) is 44.1. The van der Waals surface area contributed by atoms with Crippen LogP contribution in [0.25, 0.3) is 16.6 Å². The van der Waals surface area contributed by atoms with Gasteiger partial charge in [0.05, 0.1) is 27.2 Å². The van der Waals surface area contributed by atoms with E-state index >= 15 is 0 Å². The topological polar surface area (TPSA) is 183 Å². The largest absolute Gasteiger partial charge is 0.455 e. The molecule has 8 rings (SSSR count). The van der Waals surface area contributed by atoms with Crippen LogP contribution in [-0.4, -0.2) is 84.1 Å². The van der Waals surface area contributed by atoms with Crippen molar-refractivity contribution in [3.05, 3.63) is 117 Å². The van der Waals surface area contributed by atoms with E-state index in [0.717, 1.165) is 87.0 Å². The van der Waals surface area contributed by atoms with E-state index in [4.69, 9.17) is 16.3 Å². The van der Waals surface area contributed by atoms with E-state index in [1.165, 1.54) is 41.1 Å². The maximum Gasteiger partial charge on any atom is 0.293 e. The average Bonchev–Trinajstić information content (AvgIpc) is 3.72. The number of hydrogen-bond acceptors (Lipinski definition) is 11. The quantitative estimate of drug-likeness (QED) is 0.0653. The fourth-order valence-electron chi connectivity index (χ4n) is 8.95. The molecule has 4 N–H and O–H groups in total. The summed E-state index contributed by atoms with van der Waals surface area (Å²) in [6.07, 6.45) is 9.25. The molecule has 0 spiro atoms. The van der Waals surface area contributed by atoms with Gasteiger partial charge in [-0.15, -0.1) is 0 Å². The number of halogens is 1. The number of aliphatic hydroxyl groups is 1. The summed E-state index contributed by atoms with van der Waals surface area (Å²) in [6.45, 7) is 10.9. The van der Waals surface area contributed by atoms with Crippen LogP contribution in [0.5, 0.6) is 11.5 Å². The molecule has 2 aromatic heterocycles. The predicted octanol–water partition coefficient (Wildman–Crippen LogP) is 9.17. The van der Waals surface area contributed by atoms with Gasteiger partial charge in [0.25, 0.3) is 21.6 Å². The SMILES string of the molecule is CC1(C)CCC(CN2CCN(c3ccc(C(=O)NS(=O)(=O)c4ccc(NCC5CCC(C)(O)CC5)c([N+](=O)[O-])c4)c(Oc4cnc5[nH]ccc5c4)c3)CC2)=C(c2ccc(Cl)cc2)C1. The molecule has 0 bridgehead atoms. The maximum atomic E-state index is 13.9. The molecule has 14 nitrogen and oxygen atoms in total. The molecule has 1 saturated heterocycles. The smallest absolute Gasteiger partial charge is 0.293 e. The molecule has 332 valence electrons. The second kappa shape index (κ2) is 17.9. The number of nitrogens with one attached hydrogen (secondary N) is 3. The monoisotopic (exact) mass is 895 g/mol. The summed E-state index contributed by atoms with van der Waals surface area (Å²) in [7, 11) is -4.58. The second-order valence-electron chi connectivity index (χ2n) is 18.3. The number of hydrogen-bond donors (Lipinski definition) is 4. The summed E-state index contributed by atoms with van der Waals surface area (Å²) in [6, 6.07) is 20.4. The van der Waals surface area contributed by atoms with E-state index in [1.54, 1.807) is 24.4 Å². The Morgan fingerprint density at radius 2 is 1.75 bits per heavy atom. The normalized spacial score (nSPS) is 20.7. The Balaban J connectivity index is 0.993. The number of fused-ring (bicyclic) bond motifs is 1. The van der Waals surface area contributed by atoms with Gasteiger partial charge in [0.2, 0.25) is 0 Å². The number of rotatable bonds is 13. The van der Waals surface area contributed by atoms with E-state index in [-0.39, 0.29) is 28.3 Å². The number of aromatic nitrogens is 2. The van der Waals surface area contributed by atoms with Gasteiger partial charge in [-0.25, -0.2) is 18.1 Å². The second-order valence-corrected chi connectivity index (χ2v) is 20.4. The van der Waals surface area contributed by atoms with Crippen LogP contribution in [0.2, 0.25) is 5.02 Å². The number of amides is 1. The highest BCUT2D eigenvalue weighted by molar-refractivity contribution is 7.90. The number of carbonyl (C=O) groups is 1. The third-order valence-corrected chi connectivity index (χ3v) is 14.4. The summed E-state index contributed by atoms with van der Waals surface area (Å²) >= 11 is 6.24. The van der Waals surface area contributed by atoms with E-state index in [0.29, 0.717) is 30.8 Å². The number of pyridine rings is 1. The zero-order chi connectivity index (χ0) is 44.5. The van der Waals surface area contributed by atoms with Gasteiger partial charge in [0.1, 0.15) is 22.8 Å². The lowest BCUT2D eigenvalue weighted by Gasteiger charge is -2.39. The van der Waals surface area contributed by atoms with E-state index < -0.39 is 37.0 Å². The average molecular weight is 897 g/mol. The fraction of sp³-hybridized carbons (Fsp3) is 0.404. The molecular weight excluding hydrogens is 842 g/mol. The minimum Gasteiger partial charge on any atom is -0.455 e. The van der Waals surface area contributed by atoms with Crippen LogP contribution < -0.4 is 19.7 Å². The Hall–Kier alpha value is -5.48. The molecule has 63 heavy (non-hydrogen) atoms. The van der Waals surface area contributed by atoms with Gasteiger partial charge in [-0.05, 0) is 123 Å². The molecule has 3 aromatic carbocycles. The molecule has 1 amide bonds. The van der Waals surface area contributed by atoms with Gasteiger partial charge >= 0.3 is 0 Å². The van der Waals surface area contributed by atoms with E-state index in [2.05, 4.69) is 55.8 Å². The van der Waals surface area contributed by atoms with Gasteiger partial charge < -0.3 is 25.0 Å². The maximum absolute atomic E-state index is 13.9. The summed E-state index contributed by atoms with van der Waals surface area (Å²) in [4.78, 5) is 37.2. The highest BCUT2D eigenvalue weighted by atomic mass is 35.5. The molecule has 2 aliphatic carbocycles. The van der Waals surface area contributed by atoms with Crippen molar-refractivity contribution in [2.45, 2.75) is 76.2 Å². The van der Waals surface area contributed by atoms with Crippen LogP contribution in [-0.2, 0) is 10.0 Å². The number of benzene rings is 3. The van der Waals surface area contributed by atoms with Gasteiger partial charge in [-0.1, -0.05) is 43.2 Å². The van der Waals surface area contributed by atoms with Crippen LogP contribution in [0.1, 0.15) is 81.6 Å². The fourth-order valence-corrected chi connectivity index (χ4v) is 10.1. The molecule has 16 heteroatoms. The minimum absolute atomic E-state index is 0.0451. The minimum atomic E-state index is -4.58. The number of nitrogens with zero attached hydrogens (tertiary/aromatic N) is 4. The Bertz CT molecular complexity index is 2650. The Labute approximate surface area is 372 Å². The highest BCUT2D eigenvalue weighted by Gasteiger charge is 2.32. The Morgan fingerprint density at radius 3 is 2.48 bits per heavy atom. The number of sulfonamides is 1. The summed E-state index contributed by atoms with van der Waals surface area (Å²) < 4.78 is 35.9. The first-order chi connectivity index (χ1) is 30.0. The van der Waals surface area contributed by atoms with Crippen LogP contribution >= 0.6 is 11.6 Å². The van der Waals surface area contributed by atoms with Crippen molar-refractivity contribution in [1.29, 1.82) is 0 Å². The van der Waals surface area contributed by atoms with E-state index in [9.17, 15) is 28.4 Å². The zero-order valence-electron chi connectivity index (χ0n) is 35.8. The van der Waals surface area contributed by atoms with Crippen molar-refractivity contribution in [3.8, 4) is 11.5 Å². The Kier molecular flexibility index (Phi) is 12.6. The van der Waals surface area contributed by atoms with Gasteiger partial charge in [-0.2, -0.15) is 0 Å². The van der Waals surface area contributed by atoms with Crippen molar-refractivity contribution in [1.82, 2.24) is 19.6 Å². The molecule has 1 saturated carbocycles. The number of H-pyrrole nitrogens is 1. The van der Waals surface area contributed by atoms with Crippen molar-refractivity contribution >= 4 is 61.2 Å². The lowest BCUT2D eigenvalue weighted by atomic mass is 9.72. The number of aromatic amines is 1. The summed E-state index contributed by atoms with van der Waals surface area (Å²) in [5.74, 6) is -0.293. The van der Waals surface area contributed by atoms with Gasteiger partial charge in [0.15, 0.2) is 0 Å². The third-order valence-electron chi connectivity index (χ3n) is 12.8. The number of allylic oxidation sites excluding steroid dienone is 1. The Morgan fingerprint density at radius 1 is 1.00 bits per heavy atom. The zero-order valence-corrected chi connectivity index (χ0v) is 37.4. The molecular formula is C47H54ClN7O7S. The van der Waals surface area contributed by atoms with E-state index in [1.807, 2.05) is 25.1 Å². The number of ether oxygens (including phenoxy) is 1. The van der Waals surface area contributed by atoms with Crippen LogP contribution in [0.15, 0.2) is 95.7 Å². The molecule has 0 radical (unpaired) electrons. The van der Waals surface area contributed by atoms with Crippen LogP contribution in [0.4, 0.5) is 17.1 Å². The first-order valence-corrected chi connectivity index (χ1v) is 23.4. The number of carbonyl (C=O) groups excluding carboxylic acids is 1. The number of nitro groups is 1. The number of piperazine rings is 1. The van der Waals surface area contributed by atoms with Crippen molar-refractivity contribution in [3.63, 3.8) is 0 Å². The predicted molar refractivity (Wildman–Crippen MR) is 246 cm³/mol. The highest BCUT2D eigenvalue weighted by Crippen LogP contribution is 2.44. The molecule has 5 aromatic rings. The molecule has 3 heterocycles. The molecule has 2 fully saturated rings. The van der Waals surface area contributed by atoms with Gasteiger partial charge in [-0.3, -0.25) is 19.8 Å². The van der Waals surface area contributed by atoms with Crippen molar-refractivity contribution in [2.24, 2.45) is 11.3 Å². The number of nitro benzene ring substituents is 1. The molecule has 0 atom stereocenters.